The molecule has 4 aromatic rings. The van der Waals surface area contributed by atoms with Gasteiger partial charge in [0.2, 0.25) is 0 Å². The Morgan fingerprint density at radius 2 is 0.952 bits per heavy atom. The number of rotatable bonds is 1. The van der Waals surface area contributed by atoms with Crippen molar-refractivity contribution in [1.82, 2.24) is 0 Å². The molecule has 0 aliphatic heterocycles. The van der Waals surface area contributed by atoms with E-state index in [1.54, 1.807) is 0 Å². The number of halogens is 1. The van der Waals surface area contributed by atoms with Crippen LogP contribution in [0.2, 0.25) is 0 Å². The first-order valence-electron chi connectivity index (χ1n) is 7.00. The third-order valence-corrected chi connectivity index (χ3v) is 3.93. The smallest absolute Gasteiger partial charge is 0.139 e. The largest absolute Gasteiger partial charge is 0.206 e. The van der Waals surface area contributed by atoms with Crippen molar-refractivity contribution >= 4 is 21.5 Å². The van der Waals surface area contributed by atoms with E-state index in [1.165, 1.54) is 0 Å². The van der Waals surface area contributed by atoms with Gasteiger partial charge in [-0.25, -0.2) is 4.39 Å². The summed E-state index contributed by atoms with van der Waals surface area (Å²) in [5.41, 5.74) is 1.60. The number of hydrogen-bond donors (Lipinski definition) is 0. The number of hydrogen-bond acceptors (Lipinski definition) is 0. The molecule has 4 aromatic carbocycles. The van der Waals surface area contributed by atoms with Gasteiger partial charge in [0.05, 0.1) is 0 Å². The minimum Gasteiger partial charge on any atom is -0.206 e. The average molecular weight is 272 g/mol. The van der Waals surface area contributed by atoms with Gasteiger partial charge in [0.1, 0.15) is 5.82 Å². The molecule has 0 N–H and O–H groups in total. The van der Waals surface area contributed by atoms with E-state index in [0.717, 1.165) is 21.7 Å². The Hall–Kier alpha value is -2.67. The summed E-state index contributed by atoms with van der Waals surface area (Å²) >= 11 is 0. The van der Waals surface area contributed by atoms with E-state index in [9.17, 15) is 0 Å². The van der Waals surface area contributed by atoms with Gasteiger partial charge in [-0.3, -0.25) is 0 Å². The molecule has 0 aromatic heterocycles. The topological polar surface area (TPSA) is 0 Å². The Morgan fingerprint density at radius 1 is 0.476 bits per heavy atom. The SMILES string of the molecule is Fc1c(-c2ccccc2)c2ccccc2c2ccccc12. The summed E-state index contributed by atoms with van der Waals surface area (Å²) < 4.78 is 15.1. The van der Waals surface area contributed by atoms with Gasteiger partial charge in [-0.1, -0.05) is 78.9 Å². The van der Waals surface area contributed by atoms with Crippen LogP contribution in [0, 0.1) is 5.82 Å². The lowest BCUT2D eigenvalue weighted by Gasteiger charge is -2.12. The van der Waals surface area contributed by atoms with Crippen molar-refractivity contribution in [1.29, 1.82) is 0 Å². The lowest BCUT2D eigenvalue weighted by Crippen LogP contribution is -1.90. The molecule has 0 nitrogen and oxygen atoms in total. The van der Waals surface area contributed by atoms with Crippen molar-refractivity contribution < 1.29 is 4.39 Å². The van der Waals surface area contributed by atoms with Crippen LogP contribution in [0.25, 0.3) is 32.7 Å². The molecule has 0 aliphatic carbocycles. The molecule has 0 bridgehead atoms. The Kier molecular flexibility index (Phi) is 2.71. The van der Waals surface area contributed by atoms with Crippen molar-refractivity contribution in [2.45, 2.75) is 0 Å². The van der Waals surface area contributed by atoms with E-state index in [0.29, 0.717) is 10.9 Å². The van der Waals surface area contributed by atoms with Gasteiger partial charge in [0.15, 0.2) is 0 Å². The Bertz CT molecular complexity index is 940. The van der Waals surface area contributed by atoms with Crippen molar-refractivity contribution in [3.05, 3.63) is 84.7 Å². The van der Waals surface area contributed by atoms with Gasteiger partial charge in [0, 0.05) is 10.9 Å². The third kappa shape index (κ3) is 1.82. The van der Waals surface area contributed by atoms with Gasteiger partial charge >= 0.3 is 0 Å². The highest BCUT2D eigenvalue weighted by Gasteiger charge is 2.14. The fourth-order valence-corrected chi connectivity index (χ4v) is 2.99. The molecule has 0 unspecified atom stereocenters. The van der Waals surface area contributed by atoms with Crippen molar-refractivity contribution in [3.8, 4) is 11.1 Å². The van der Waals surface area contributed by atoms with Crippen LogP contribution in [-0.2, 0) is 0 Å². The Balaban J connectivity index is 2.26. The van der Waals surface area contributed by atoms with E-state index in [2.05, 4.69) is 6.07 Å². The summed E-state index contributed by atoms with van der Waals surface area (Å²) in [5, 5.41) is 3.69. The van der Waals surface area contributed by atoms with Crippen LogP contribution in [0.5, 0.6) is 0 Å². The van der Waals surface area contributed by atoms with Crippen molar-refractivity contribution in [2.24, 2.45) is 0 Å². The fourth-order valence-electron chi connectivity index (χ4n) is 2.99. The zero-order valence-corrected chi connectivity index (χ0v) is 11.4. The minimum atomic E-state index is -0.143. The quantitative estimate of drug-likeness (QED) is 0.384. The van der Waals surface area contributed by atoms with Gasteiger partial charge in [0.25, 0.3) is 0 Å². The van der Waals surface area contributed by atoms with E-state index >= 15 is 4.39 Å². The maximum absolute atomic E-state index is 15.1. The van der Waals surface area contributed by atoms with Crippen LogP contribution in [0.1, 0.15) is 0 Å². The molecular weight excluding hydrogens is 259 g/mol. The summed E-state index contributed by atoms with van der Waals surface area (Å²) in [6, 6.07) is 25.4. The summed E-state index contributed by atoms with van der Waals surface area (Å²) in [6.45, 7) is 0. The highest BCUT2D eigenvalue weighted by molar-refractivity contribution is 6.14. The second kappa shape index (κ2) is 4.71. The highest BCUT2D eigenvalue weighted by atomic mass is 19.1. The molecule has 0 radical (unpaired) electrons. The Labute approximate surface area is 122 Å². The van der Waals surface area contributed by atoms with Crippen molar-refractivity contribution in [3.63, 3.8) is 0 Å². The first-order valence-corrected chi connectivity index (χ1v) is 7.00. The summed E-state index contributed by atoms with van der Waals surface area (Å²) in [5.74, 6) is -0.143. The third-order valence-electron chi connectivity index (χ3n) is 3.93. The van der Waals surface area contributed by atoms with E-state index < -0.39 is 0 Å². The molecule has 0 spiro atoms. The molecule has 21 heavy (non-hydrogen) atoms. The molecule has 0 saturated carbocycles. The van der Waals surface area contributed by atoms with E-state index in [4.69, 9.17) is 0 Å². The van der Waals surface area contributed by atoms with E-state index in [-0.39, 0.29) is 5.82 Å². The normalized spacial score (nSPS) is 11.1. The van der Waals surface area contributed by atoms with Crippen LogP contribution in [-0.4, -0.2) is 0 Å². The van der Waals surface area contributed by atoms with Gasteiger partial charge in [-0.15, -0.1) is 0 Å². The maximum Gasteiger partial charge on any atom is 0.139 e. The highest BCUT2D eigenvalue weighted by Crippen LogP contribution is 2.37. The number of benzene rings is 4. The zero-order valence-electron chi connectivity index (χ0n) is 11.4. The summed E-state index contributed by atoms with van der Waals surface area (Å²) in [4.78, 5) is 0. The predicted molar refractivity (Wildman–Crippen MR) is 86.8 cm³/mol. The second-order valence-electron chi connectivity index (χ2n) is 5.15. The van der Waals surface area contributed by atoms with Crippen LogP contribution in [0.3, 0.4) is 0 Å². The van der Waals surface area contributed by atoms with Crippen LogP contribution in [0.4, 0.5) is 4.39 Å². The number of fused-ring (bicyclic) bond motifs is 3. The molecule has 4 rings (SSSR count). The molecule has 1 heteroatoms. The molecule has 0 saturated heterocycles. The van der Waals surface area contributed by atoms with Crippen LogP contribution in [0.15, 0.2) is 78.9 Å². The zero-order chi connectivity index (χ0) is 14.2. The molecule has 0 amide bonds. The monoisotopic (exact) mass is 272 g/mol. The van der Waals surface area contributed by atoms with Gasteiger partial charge in [-0.2, -0.15) is 0 Å². The maximum atomic E-state index is 15.1. The van der Waals surface area contributed by atoms with Gasteiger partial charge in [-0.05, 0) is 21.7 Å². The fraction of sp³-hybridized carbons (Fsp3) is 0. The summed E-state index contributed by atoms with van der Waals surface area (Å²) in [7, 11) is 0. The Morgan fingerprint density at radius 3 is 1.62 bits per heavy atom. The van der Waals surface area contributed by atoms with Crippen LogP contribution >= 0.6 is 0 Å². The minimum absolute atomic E-state index is 0.143. The average Bonchev–Trinajstić information content (AvgIpc) is 2.56. The van der Waals surface area contributed by atoms with Gasteiger partial charge < -0.3 is 0 Å². The molecule has 0 aliphatic rings. The first kappa shape index (κ1) is 12.1. The molecule has 100 valence electrons. The summed E-state index contributed by atoms with van der Waals surface area (Å²) in [6.07, 6.45) is 0. The predicted octanol–water partition coefficient (Wildman–Crippen LogP) is 5.80. The van der Waals surface area contributed by atoms with E-state index in [1.807, 2.05) is 72.8 Å². The molecule has 0 heterocycles. The molecule has 0 fully saturated rings. The molecular formula is C20H13F. The van der Waals surface area contributed by atoms with Crippen LogP contribution < -0.4 is 0 Å². The molecule has 0 atom stereocenters. The second-order valence-corrected chi connectivity index (χ2v) is 5.15. The first-order chi connectivity index (χ1) is 10.4. The van der Waals surface area contributed by atoms with Crippen molar-refractivity contribution in [2.75, 3.05) is 0 Å². The lowest BCUT2D eigenvalue weighted by molar-refractivity contribution is 0.644. The lowest BCUT2D eigenvalue weighted by atomic mass is 9.92. The standard InChI is InChI=1S/C20H13F/c21-20-18-13-7-5-11-16(18)15-10-4-6-12-17(15)19(20)14-8-2-1-3-9-14/h1-13H.